The van der Waals surface area contributed by atoms with E-state index in [0.29, 0.717) is 10.2 Å². The SMILES string of the molecule is CCOC(=O)/C=C/c1ccc(Br)c(=O)n1CC(=O)OC. The van der Waals surface area contributed by atoms with Crippen LogP contribution in [0.25, 0.3) is 6.08 Å². The number of halogens is 1. The Bertz CT molecular complexity index is 591. The van der Waals surface area contributed by atoms with Gasteiger partial charge in [0.2, 0.25) is 0 Å². The quantitative estimate of drug-likeness (QED) is 0.596. The summed E-state index contributed by atoms with van der Waals surface area (Å²) in [6, 6.07) is 3.14. The highest BCUT2D eigenvalue weighted by atomic mass is 79.9. The summed E-state index contributed by atoms with van der Waals surface area (Å²) in [7, 11) is 1.24. The molecule has 0 unspecified atom stereocenters. The van der Waals surface area contributed by atoms with Crippen LogP contribution in [-0.2, 0) is 25.6 Å². The maximum atomic E-state index is 12.0. The average Bonchev–Trinajstić information content (AvgIpc) is 2.43. The molecule has 0 fully saturated rings. The van der Waals surface area contributed by atoms with Crippen molar-refractivity contribution in [2.24, 2.45) is 0 Å². The molecule has 7 heteroatoms. The van der Waals surface area contributed by atoms with E-state index in [4.69, 9.17) is 4.74 Å². The number of aromatic nitrogens is 1. The van der Waals surface area contributed by atoms with Gasteiger partial charge in [0.1, 0.15) is 6.54 Å². The van der Waals surface area contributed by atoms with Crippen molar-refractivity contribution in [3.8, 4) is 0 Å². The van der Waals surface area contributed by atoms with Crippen molar-refractivity contribution < 1.29 is 19.1 Å². The van der Waals surface area contributed by atoms with Gasteiger partial charge in [-0.3, -0.25) is 14.2 Å². The fraction of sp³-hybridized carbons (Fsp3) is 0.308. The molecular weight excluding hydrogens is 330 g/mol. The molecular formula is C13H14BrNO5. The molecule has 1 aromatic heterocycles. The second kappa shape index (κ2) is 7.64. The van der Waals surface area contributed by atoms with Gasteiger partial charge in [0.25, 0.3) is 5.56 Å². The number of methoxy groups -OCH3 is 1. The van der Waals surface area contributed by atoms with Crippen molar-refractivity contribution in [1.82, 2.24) is 4.57 Å². The first-order valence-corrected chi connectivity index (χ1v) is 6.59. The number of rotatable bonds is 5. The summed E-state index contributed by atoms with van der Waals surface area (Å²) < 4.78 is 10.8. The molecule has 0 N–H and O–H groups in total. The Balaban J connectivity index is 3.12. The van der Waals surface area contributed by atoms with E-state index in [1.54, 1.807) is 19.1 Å². The summed E-state index contributed by atoms with van der Waals surface area (Å²) in [5.74, 6) is -1.08. The molecule has 1 rings (SSSR count). The Labute approximate surface area is 124 Å². The zero-order valence-corrected chi connectivity index (χ0v) is 12.7. The predicted molar refractivity (Wildman–Crippen MR) is 76.1 cm³/mol. The molecule has 0 saturated carbocycles. The smallest absolute Gasteiger partial charge is 0.330 e. The van der Waals surface area contributed by atoms with Crippen molar-refractivity contribution in [3.63, 3.8) is 0 Å². The van der Waals surface area contributed by atoms with Crippen LogP contribution < -0.4 is 5.56 Å². The van der Waals surface area contributed by atoms with E-state index in [0.717, 1.165) is 0 Å². The van der Waals surface area contributed by atoms with Gasteiger partial charge in [-0.15, -0.1) is 0 Å². The first-order valence-electron chi connectivity index (χ1n) is 5.80. The summed E-state index contributed by atoms with van der Waals surface area (Å²) in [5.41, 5.74) is 0.0121. The summed E-state index contributed by atoms with van der Waals surface area (Å²) >= 11 is 3.10. The van der Waals surface area contributed by atoms with Crippen LogP contribution in [0.1, 0.15) is 12.6 Å². The summed E-state index contributed by atoms with van der Waals surface area (Å²) in [6.45, 7) is 1.72. The van der Waals surface area contributed by atoms with E-state index in [-0.39, 0.29) is 18.7 Å². The van der Waals surface area contributed by atoms with E-state index in [9.17, 15) is 14.4 Å². The molecule has 0 bridgehead atoms. The maximum absolute atomic E-state index is 12.0. The molecule has 0 aromatic carbocycles. The molecule has 0 spiro atoms. The fourth-order valence-corrected chi connectivity index (χ4v) is 1.76. The number of nitrogens with zero attached hydrogens (tertiary/aromatic N) is 1. The lowest BCUT2D eigenvalue weighted by molar-refractivity contribution is -0.141. The first-order chi connectivity index (χ1) is 9.49. The molecule has 108 valence electrons. The number of hydrogen-bond donors (Lipinski definition) is 0. The van der Waals surface area contributed by atoms with Crippen LogP contribution in [0.15, 0.2) is 27.5 Å². The van der Waals surface area contributed by atoms with Crippen molar-refractivity contribution in [2.45, 2.75) is 13.5 Å². The van der Waals surface area contributed by atoms with Crippen LogP contribution in [0.2, 0.25) is 0 Å². The number of carbonyl (C=O) groups excluding carboxylic acids is 2. The second-order valence-corrected chi connectivity index (χ2v) is 4.51. The highest BCUT2D eigenvalue weighted by Gasteiger charge is 2.10. The zero-order valence-electron chi connectivity index (χ0n) is 11.1. The summed E-state index contributed by atoms with van der Waals surface area (Å²) in [6.07, 6.45) is 2.61. The molecule has 0 aliphatic heterocycles. The molecule has 0 saturated heterocycles. The van der Waals surface area contributed by atoms with E-state index in [1.165, 1.54) is 23.8 Å². The molecule has 20 heavy (non-hydrogen) atoms. The highest BCUT2D eigenvalue weighted by Crippen LogP contribution is 2.08. The van der Waals surface area contributed by atoms with Crippen LogP contribution >= 0.6 is 15.9 Å². The lowest BCUT2D eigenvalue weighted by atomic mass is 10.3. The number of hydrogen-bond acceptors (Lipinski definition) is 5. The molecule has 1 aromatic rings. The van der Waals surface area contributed by atoms with Crippen molar-refractivity contribution in [2.75, 3.05) is 13.7 Å². The van der Waals surface area contributed by atoms with Gasteiger partial charge in [-0.05, 0) is 41.1 Å². The lowest BCUT2D eigenvalue weighted by Gasteiger charge is -2.09. The third-order valence-corrected chi connectivity index (χ3v) is 2.96. The lowest BCUT2D eigenvalue weighted by Crippen LogP contribution is -2.27. The van der Waals surface area contributed by atoms with E-state index >= 15 is 0 Å². The van der Waals surface area contributed by atoms with E-state index in [2.05, 4.69) is 20.7 Å². The van der Waals surface area contributed by atoms with E-state index < -0.39 is 11.9 Å². The summed E-state index contributed by atoms with van der Waals surface area (Å²) in [5, 5.41) is 0. The van der Waals surface area contributed by atoms with Gasteiger partial charge in [-0.1, -0.05) is 0 Å². The molecule has 0 aliphatic carbocycles. The minimum atomic E-state index is -0.559. The van der Waals surface area contributed by atoms with Gasteiger partial charge in [0.05, 0.1) is 18.2 Å². The number of ether oxygens (including phenoxy) is 2. The molecule has 0 atom stereocenters. The van der Waals surface area contributed by atoms with Crippen LogP contribution in [0.3, 0.4) is 0 Å². The molecule has 6 nitrogen and oxygen atoms in total. The second-order valence-electron chi connectivity index (χ2n) is 3.66. The monoisotopic (exact) mass is 343 g/mol. The minimum absolute atomic E-state index is 0.239. The molecule has 0 amide bonds. The Hall–Kier alpha value is -1.89. The average molecular weight is 344 g/mol. The number of esters is 2. The molecule has 0 radical (unpaired) electrons. The normalized spacial score (nSPS) is 10.6. The predicted octanol–water partition coefficient (Wildman–Crippen LogP) is 1.36. The van der Waals surface area contributed by atoms with Gasteiger partial charge < -0.3 is 9.47 Å². The topological polar surface area (TPSA) is 74.6 Å². The van der Waals surface area contributed by atoms with Crippen LogP contribution in [0, 0.1) is 0 Å². The standard InChI is InChI=1S/C13H14BrNO5/c1-3-20-11(16)7-5-9-4-6-10(14)13(18)15(9)8-12(17)19-2/h4-7H,3,8H2,1-2H3/b7-5+. The molecule has 0 aliphatic rings. The van der Waals surface area contributed by atoms with Crippen LogP contribution in [0.5, 0.6) is 0 Å². The van der Waals surface area contributed by atoms with Crippen molar-refractivity contribution in [1.29, 1.82) is 0 Å². The summed E-state index contributed by atoms with van der Waals surface area (Å²) in [4.78, 5) is 34.6. The van der Waals surface area contributed by atoms with Crippen molar-refractivity contribution >= 4 is 33.9 Å². The van der Waals surface area contributed by atoms with Gasteiger partial charge in [-0.2, -0.15) is 0 Å². The Morgan fingerprint density at radius 2 is 2.10 bits per heavy atom. The highest BCUT2D eigenvalue weighted by molar-refractivity contribution is 9.10. The third kappa shape index (κ3) is 4.34. The maximum Gasteiger partial charge on any atom is 0.330 e. The van der Waals surface area contributed by atoms with Crippen LogP contribution in [0.4, 0.5) is 0 Å². The van der Waals surface area contributed by atoms with Crippen LogP contribution in [-0.4, -0.2) is 30.2 Å². The zero-order chi connectivity index (χ0) is 15.1. The first kappa shape index (κ1) is 16.2. The Morgan fingerprint density at radius 1 is 1.40 bits per heavy atom. The van der Waals surface area contributed by atoms with Gasteiger partial charge in [0, 0.05) is 11.8 Å². The fourth-order valence-electron chi connectivity index (χ4n) is 1.41. The van der Waals surface area contributed by atoms with Gasteiger partial charge >= 0.3 is 11.9 Å². The minimum Gasteiger partial charge on any atom is -0.468 e. The number of carbonyl (C=O) groups is 2. The van der Waals surface area contributed by atoms with E-state index in [1.807, 2.05) is 0 Å². The largest absolute Gasteiger partial charge is 0.468 e. The Morgan fingerprint density at radius 3 is 2.70 bits per heavy atom. The third-order valence-electron chi connectivity index (χ3n) is 2.35. The molecule has 1 heterocycles. The Kier molecular flexibility index (Phi) is 6.17. The van der Waals surface area contributed by atoms with Gasteiger partial charge in [0.15, 0.2) is 0 Å². The van der Waals surface area contributed by atoms with Crippen molar-refractivity contribution in [3.05, 3.63) is 38.7 Å². The van der Waals surface area contributed by atoms with Gasteiger partial charge in [-0.25, -0.2) is 4.79 Å². The number of pyridine rings is 1.